The first-order valence-electron chi connectivity index (χ1n) is 23.0. The second-order valence-electron chi connectivity index (χ2n) is 15.6. The molecule has 1 aliphatic rings. The maximum atomic E-state index is 12.9. The van der Waals surface area contributed by atoms with Crippen molar-refractivity contribution in [3.63, 3.8) is 0 Å². The number of benzene rings is 2. The number of pyridine rings is 2. The van der Waals surface area contributed by atoms with E-state index in [0.717, 1.165) is 25.2 Å². The highest BCUT2D eigenvalue weighted by molar-refractivity contribution is 7.99. The number of carbonyl (C=O) groups is 6. The van der Waals surface area contributed by atoms with Crippen LogP contribution in [0.5, 0.6) is 11.5 Å². The molecule has 0 spiro atoms. The quantitative estimate of drug-likeness (QED) is 0.00973. The molecule has 0 radical (unpaired) electrons. The summed E-state index contributed by atoms with van der Waals surface area (Å²) in [7, 11) is 2.81. The summed E-state index contributed by atoms with van der Waals surface area (Å²) >= 11 is 1.62. The van der Waals surface area contributed by atoms with Crippen LogP contribution in [0.25, 0.3) is 6.20 Å². The summed E-state index contributed by atoms with van der Waals surface area (Å²) in [6, 6.07) is 16.3. The average molecular weight is 1030 g/mol. The van der Waals surface area contributed by atoms with Crippen LogP contribution in [0.15, 0.2) is 102 Å². The number of thioether (sulfide) groups is 1. The number of morpholine rings is 1. The highest BCUT2D eigenvalue weighted by Crippen LogP contribution is 2.31. The van der Waals surface area contributed by atoms with Crippen LogP contribution in [0, 0.1) is 0 Å². The van der Waals surface area contributed by atoms with Gasteiger partial charge < -0.3 is 51.0 Å². The van der Waals surface area contributed by atoms with Crippen LogP contribution in [0.2, 0.25) is 0 Å². The summed E-state index contributed by atoms with van der Waals surface area (Å²) in [5.74, 6) is -2.77. The summed E-state index contributed by atoms with van der Waals surface area (Å²) < 4.78 is 19.3. The lowest BCUT2D eigenvalue weighted by Crippen LogP contribution is -2.43. The molecular weight excluding hydrogens is 971 g/mol. The average Bonchev–Trinajstić information content (AvgIpc) is 3.40. The lowest BCUT2D eigenvalue weighted by molar-refractivity contribution is -0.684. The number of methoxy groups -OCH3 is 2. The standard InChI is InChI=1S/C47H59N13O12S/c1-69-39-26-35(8-10-37(39)54-56-46(67)44(65)48-12-5-18-58-19-22-71-23-20-58)52-41(62)30-59-16-3-6-33(28-59)32-72-51-15-25-73-24-14-50-43(64)34-7-4-17-60(29-34)31-42(63)53-36-9-11-38(40(27-36)70-2)55-57-47(68)45(66)49-13-21-61/h3-4,6-11,16-17,26-30,51,61H,5,12-15,18-25,31-32H2,1-2H3,(H6-2,48,49,50,52,53,54,55,56,57,62,63,64,65,66,67,68)/p+2/b41-30+. The summed E-state index contributed by atoms with van der Waals surface area (Å²) in [6.07, 6.45) is 8.90. The van der Waals surface area contributed by atoms with Gasteiger partial charge in [-0.15, -0.1) is 10.2 Å². The molecule has 1 saturated heterocycles. The molecule has 390 valence electrons. The normalized spacial score (nSPS) is 12.6. The van der Waals surface area contributed by atoms with Crippen molar-refractivity contribution in [1.29, 1.82) is 0 Å². The Morgan fingerprint density at radius 2 is 1.56 bits per heavy atom. The van der Waals surface area contributed by atoms with E-state index in [1.54, 1.807) is 82.1 Å². The van der Waals surface area contributed by atoms with E-state index < -0.39 is 23.6 Å². The lowest BCUT2D eigenvalue weighted by atomic mass is 10.2. The summed E-state index contributed by atoms with van der Waals surface area (Å²) in [5.41, 5.74) is 10.3. The zero-order chi connectivity index (χ0) is 52.2. The van der Waals surface area contributed by atoms with Crippen LogP contribution < -0.4 is 61.5 Å². The van der Waals surface area contributed by atoms with Gasteiger partial charge >= 0.3 is 23.6 Å². The van der Waals surface area contributed by atoms with E-state index >= 15 is 0 Å². The van der Waals surface area contributed by atoms with Gasteiger partial charge in [0.2, 0.25) is 12.7 Å². The van der Waals surface area contributed by atoms with E-state index in [1.807, 2.05) is 6.07 Å². The second-order valence-corrected chi connectivity index (χ2v) is 16.8. The van der Waals surface area contributed by atoms with Crippen molar-refractivity contribution < 1.29 is 67.2 Å². The number of aromatic nitrogens is 2. The van der Waals surface area contributed by atoms with Crippen molar-refractivity contribution in [2.45, 2.75) is 19.6 Å². The van der Waals surface area contributed by atoms with Crippen molar-refractivity contribution in [2.75, 3.05) is 107 Å². The minimum Gasteiger partial charge on any atom is -0.494 e. The third-order valence-corrected chi connectivity index (χ3v) is 11.1. The van der Waals surface area contributed by atoms with Gasteiger partial charge in [0, 0.05) is 92.0 Å². The van der Waals surface area contributed by atoms with Crippen molar-refractivity contribution in [2.24, 2.45) is 10.2 Å². The van der Waals surface area contributed by atoms with Gasteiger partial charge in [-0.25, -0.2) is 5.48 Å². The van der Waals surface area contributed by atoms with E-state index in [9.17, 15) is 33.9 Å². The molecule has 0 unspecified atom stereocenters. The molecule has 10 N–H and O–H groups in total. The Bertz CT molecular complexity index is 2560. The summed E-state index contributed by atoms with van der Waals surface area (Å²) in [5, 5.41) is 40.2. The van der Waals surface area contributed by atoms with Gasteiger partial charge in [-0.3, -0.25) is 49.4 Å². The first-order valence-corrected chi connectivity index (χ1v) is 24.1. The monoisotopic (exact) mass is 1030 g/mol. The van der Waals surface area contributed by atoms with Gasteiger partial charge in [-0.1, -0.05) is 0 Å². The van der Waals surface area contributed by atoms with Gasteiger partial charge in [0.1, 0.15) is 22.7 Å². The van der Waals surface area contributed by atoms with E-state index in [4.69, 9.17) is 24.2 Å². The number of aliphatic hydroxyl groups is 2. The number of rotatable bonds is 27. The Kier molecular flexibility index (Phi) is 23.8. The number of azo groups is 1. The Labute approximate surface area is 425 Å². The van der Waals surface area contributed by atoms with Gasteiger partial charge in [-0.05, 0) is 49.4 Å². The highest BCUT2D eigenvalue weighted by atomic mass is 32.2. The number of hydrazine groups is 1. The third kappa shape index (κ3) is 20.1. The number of ether oxygens (including phenoxy) is 3. The molecule has 5 rings (SSSR count). The first kappa shape index (κ1) is 56.2. The van der Waals surface area contributed by atoms with Gasteiger partial charge in [-0.2, -0.15) is 20.9 Å². The number of hydrogen-bond donors (Lipinski definition) is 10. The largest absolute Gasteiger partial charge is 0.494 e. The second kappa shape index (κ2) is 30.9. The van der Waals surface area contributed by atoms with Gasteiger partial charge in [0.05, 0.1) is 46.3 Å². The Morgan fingerprint density at radius 3 is 2.36 bits per heavy atom. The molecule has 4 aromatic rings. The fraction of sp³-hybridized carbons (Fsp3) is 0.362. The predicted molar refractivity (Wildman–Crippen MR) is 267 cm³/mol. The fourth-order valence-electron chi connectivity index (χ4n) is 6.60. The van der Waals surface area contributed by atoms with E-state index in [2.05, 4.69) is 58.0 Å². The van der Waals surface area contributed by atoms with Crippen molar-refractivity contribution in [1.82, 2.24) is 31.8 Å². The highest BCUT2D eigenvalue weighted by Gasteiger charge is 2.18. The molecule has 1 aliphatic heterocycles. The number of hydrogen-bond acceptors (Lipinski definition) is 18. The van der Waals surface area contributed by atoms with Gasteiger partial charge in [0.25, 0.3) is 17.7 Å². The fourth-order valence-corrected chi connectivity index (χ4v) is 7.28. The third-order valence-electron chi connectivity index (χ3n) is 10.2. The van der Waals surface area contributed by atoms with Crippen LogP contribution in [0.1, 0.15) is 22.3 Å². The Balaban J connectivity index is 0.947. The number of hydroxylamine groups is 1. The predicted octanol–water partition coefficient (Wildman–Crippen LogP) is 0.528. The Morgan fingerprint density at radius 1 is 0.822 bits per heavy atom. The molecule has 25 nitrogen and oxygen atoms in total. The molecule has 0 atom stereocenters. The molecule has 1 fully saturated rings. The van der Waals surface area contributed by atoms with Crippen LogP contribution in [-0.2, 0) is 46.7 Å². The smallest absolute Gasteiger partial charge is 0.353 e. The molecule has 0 aliphatic carbocycles. The number of anilines is 3. The molecule has 73 heavy (non-hydrogen) atoms. The molecular formula is C47H61N13O12S+2. The van der Waals surface area contributed by atoms with E-state index in [0.29, 0.717) is 73.4 Å². The van der Waals surface area contributed by atoms with Crippen molar-refractivity contribution in [3.8, 4) is 11.5 Å². The minimum absolute atomic E-state index is 0.0713. The molecule has 3 heterocycles. The van der Waals surface area contributed by atoms with E-state index in [-0.39, 0.29) is 61.2 Å². The first-order chi connectivity index (χ1) is 35.4. The van der Waals surface area contributed by atoms with Gasteiger partial charge in [0.15, 0.2) is 24.8 Å². The zero-order valence-electron chi connectivity index (χ0n) is 40.4. The molecule has 0 bridgehead atoms. The molecule has 2 aromatic heterocycles. The maximum Gasteiger partial charge on any atom is 0.353 e. The van der Waals surface area contributed by atoms with Crippen molar-refractivity contribution >= 4 is 76.2 Å². The summed E-state index contributed by atoms with van der Waals surface area (Å²) in [4.78, 5) is 81.7. The van der Waals surface area contributed by atoms with Crippen molar-refractivity contribution in [3.05, 3.63) is 102 Å². The molecule has 0 saturated carbocycles. The molecule has 6 amide bonds. The van der Waals surface area contributed by atoms with Crippen LogP contribution in [0.4, 0.5) is 22.7 Å². The Hall–Kier alpha value is -7.75. The maximum absolute atomic E-state index is 12.9. The number of nitrogens with one attached hydrogen (secondary N) is 8. The summed E-state index contributed by atoms with van der Waals surface area (Å²) in [6.45, 7) is 4.91. The minimum atomic E-state index is -1.03. The molecule has 2 aromatic carbocycles. The van der Waals surface area contributed by atoms with Crippen LogP contribution >= 0.6 is 11.8 Å². The zero-order valence-corrected chi connectivity index (χ0v) is 41.2. The number of aliphatic hydroxyl groups excluding tert-OH is 2. The number of nitrogens with zero attached hydrogens (tertiary/aromatic N) is 5. The SMILES string of the molecule is COc1cc(N/C(O)=C\[n+]2cccc(CONCCSCCNC(=O)c3ccc[n+](CC(=O)Nc4ccc(NNC(=O)C(=O)NCCO)c(OC)c4)c3)c2)ccc1N=NC(=O)C(=O)NCCCN1CCOCC1. The van der Waals surface area contributed by atoms with Crippen LogP contribution in [0.3, 0.4) is 0 Å². The van der Waals surface area contributed by atoms with E-state index in [1.165, 1.54) is 38.6 Å². The number of carbonyl (C=O) groups excluding carboxylic acids is 6. The topological polar surface area (TPSA) is 312 Å². The van der Waals surface area contributed by atoms with Crippen LogP contribution in [-0.4, -0.2) is 142 Å². The lowest BCUT2D eigenvalue weighted by Gasteiger charge is -2.26. The number of amides is 6. The molecule has 26 heteroatoms.